The van der Waals surface area contributed by atoms with E-state index in [2.05, 4.69) is 26.7 Å². The van der Waals surface area contributed by atoms with Crippen LogP contribution in [0.25, 0.3) is 0 Å². The van der Waals surface area contributed by atoms with Gasteiger partial charge in [-0.25, -0.2) is 9.40 Å². The fraction of sp³-hybridized carbons (Fsp3) is 0.900. The van der Waals surface area contributed by atoms with Crippen molar-refractivity contribution >= 4 is 11.9 Å². The fourth-order valence-corrected chi connectivity index (χ4v) is 4.87. The largest absolute Gasteiger partial charge is 0.465 e. The summed E-state index contributed by atoms with van der Waals surface area (Å²) in [5.41, 5.74) is 8.80. The quantitative estimate of drug-likeness (QED) is 0.394. The first-order chi connectivity index (χ1) is 15.0. The third-order valence-electron chi connectivity index (χ3n) is 6.51. The Labute approximate surface area is 181 Å². The van der Waals surface area contributed by atoms with E-state index in [1.807, 2.05) is 0 Å². The van der Waals surface area contributed by atoms with Crippen molar-refractivity contribution in [2.24, 2.45) is 5.92 Å². The van der Waals surface area contributed by atoms with Gasteiger partial charge in [-0.05, 0) is 32.1 Å². The smallest absolute Gasteiger partial charge is 0.325 e. The van der Waals surface area contributed by atoms with Crippen molar-refractivity contribution in [2.75, 3.05) is 26.2 Å². The van der Waals surface area contributed by atoms with Gasteiger partial charge in [0, 0.05) is 32.5 Å². The summed E-state index contributed by atoms with van der Waals surface area (Å²) in [6.45, 7) is 4.24. The van der Waals surface area contributed by atoms with E-state index in [0.717, 1.165) is 19.4 Å². The molecule has 4 rings (SSSR count). The van der Waals surface area contributed by atoms with Gasteiger partial charge in [0.05, 0.1) is 12.6 Å². The number of carbonyl (C=O) groups excluding carboxylic acids is 2. The number of ether oxygens (including phenoxy) is 1. The molecule has 3 saturated heterocycles. The summed E-state index contributed by atoms with van der Waals surface area (Å²) in [6, 6.07) is -1.00. The summed E-state index contributed by atoms with van der Waals surface area (Å²) in [7, 11) is 0. The highest BCUT2D eigenvalue weighted by Gasteiger charge is 2.43. The minimum atomic E-state index is -0.676. The highest BCUT2D eigenvalue weighted by Crippen LogP contribution is 2.27. The van der Waals surface area contributed by atoms with Crippen LogP contribution in [0.1, 0.15) is 45.4 Å². The van der Waals surface area contributed by atoms with Crippen LogP contribution in [-0.2, 0) is 24.0 Å². The molecule has 10 nitrogen and oxygen atoms in total. The van der Waals surface area contributed by atoms with E-state index in [-0.39, 0.29) is 30.1 Å². The Morgan fingerprint density at radius 3 is 2.61 bits per heavy atom. The first kappa shape index (κ1) is 22.8. The minimum absolute atomic E-state index is 0.00398. The average Bonchev–Trinajstić information content (AvgIpc) is 3.49. The summed E-state index contributed by atoms with van der Waals surface area (Å²) >= 11 is 0. The number of nitrogens with one attached hydrogen (secondary N) is 4. The van der Waals surface area contributed by atoms with Crippen LogP contribution in [-0.4, -0.2) is 79.6 Å². The second-order valence-electron chi connectivity index (χ2n) is 8.98. The predicted octanol–water partition coefficient (Wildman–Crippen LogP) is -0.293. The van der Waals surface area contributed by atoms with Gasteiger partial charge >= 0.3 is 5.97 Å². The van der Waals surface area contributed by atoms with Gasteiger partial charge in [0.15, 0.2) is 0 Å². The van der Waals surface area contributed by atoms with Crippen molar-refractivity contribution < 1.29 is 28.4 Å². The highest BCUT2D eigenvalue weighted by atomic mass is 19.1. The lowest BCUT2D eigenvalue weighted by molar-refractivity contribution is -0.147. The van der Waals surface area contributed by atoms with Gasteiger partial charge in [0.2, 0.25) is 5.91 Å². The van der Waals surface area contributed by atoms with Crippen molar-refractivity contribution in [1.29, 1.82) is 0 Å². The van der Waals surface area contributed by atoms with Crippen LogP contribution in [0.15, 0.2) is 0 Å². The molecule has 176 valence electrons. The Hall–Kier alpha value is -1.37. The molecule has 0 aromatic carbocycles. The lowest BCUT2D eigenvalue weighted by Gasteiger charge is -2.28. The van der Waals surface area contributed by atoms with Crippen molar-refractivity contribution in [3.63, 3.8) is 0 Å². The number of hydroxylamine groups is 2. The lowest BCUT2D eigenvalue weighted by Crippen LogP contribution is -2.47. The van der Waals surface area contributed by atoms with E-state index in [4.69, 9.17) is 14.4 Å². The third-order valence-corrected chi connectivity index (χ3v) is 6.51. The molecule has 4 N–H and O–H groups in total. The number of amides is 1. The number of rotatable bonds is 7. The molecule has 7 unspecified atom stereocenters. The summed E-state index contributed by atoms with van der Waals surface area (Å²) in [5.74, 6) is -0.0980. The molecule has 1 aliphatic carbocycles. The minimum Gasteiger partial charge on any atom is -0.465 e. The maximum atomic E-state index is 13.6. The van der Waals surface area contributed by atoms with Crippen molar-refractivity contribution in [2.45, 2.75) is 82.0 Å². The van der Waals surface area contributed by atoms with E-state index in [0.29, 0.717) is 51.3 Å². The molecule has 31 heavy (non-hydrogen) atoms. The van der Waals surface area contributed by atoms with Crippen LogP contribution in [0.3, 0.4) is 0 Å². The number of hydrogen-bond donors (Lipinski definition) is 4. The zero-order chi connectivity index (χ0) is 21.8. The molecule has 3 aliphatic heterocycles. The molecule has 0 aromatic rings. The normalized spacial score (nSPS) is 39.0. The zero-order valence-corrected chi connectivity index (χ0v) is 18.0. The monoisotopic (exact) mass is 443 g/mol. The Morgan fingerprint density at radius 1 is 1.13 bits per heavy atom. The molecule has 3 heterocycles. The molecule has 11 heteroatoms. The molecule has 0 bridgehead atoms. The Kier molecular flexibility index (Phi) is 7.72. The van der Waals surface area contributed by atoms with E-state index in [1.165, 1.54) is 0 Å². The molecular weight excluding hydrogens is 409 g/mol. The first-order valence-electron chi connectivity index (χ1n) is 11.4. The van der Waals surface area contributed by atoms with Crippen molar-refractivity contribution in [1.82, 2.24) is 26.7 Å². The highest BCUT2D eigenvalue weighted by molar-refractivity contribution is 5.82. The number of carbonyl (C=O) groups is 2. The van der Waals surface area contributed by atoms with E-state index >= 15 is 0 Å². The maximum Gasteiger partial charge on any atom is 0.325 e. The van der Waals surface area contributed by atoms with Crippen LogP contribution in [0.5, 0.6) is 0 Å². The van der Waals surface area contributed by atoms with Gasteiger partial charge in [0.25, 0.3) is 0 Å². The Balaban J connectivity index is 1.17. The molecule has 4 aliphatic rings. The van der Waals surface area contributed by atoms with Crippen LogP contribution in [0.2, 0.25) is 0 Å². The van der Waals surface area contributed by atoms with Gasteiger partial charge < -0.3 is 10.1 Å². The molecular formula is C20H34FN5O5. The van der Waals surface area contributed by atoms with Crippen molar-refractivity contribution in [3.8, 4) is 0 Å². The fourth-order valence-electron chi connectivity index (χ4n) is 4.87. The zero-order valence-electron chi connectivity index (χ0n) is 18.0. The molecule has 0 aromatic heterocycles. The maximum absolute atomic E-state index is 13.6. The van der Waals surface area contributed by atoms with E-state index < -0.39 is 18.3 Å². The average molecular weight is 444 g/mol. The summed E-state index contributed by atoms with van der Waals surface area (Å²) in [5, 5.41) is 5.16. The second kappa shape index (κ2) is 10.5. The number of esters is 1. The Bertz CT molecular complexity index is 643. The van der Waals surface area contributed by atoms with Crippen LogP contribution < -0.4 is 21.7 Å². The van der Waals surface area contributed by atoms with E-state index in [1.54, 1.807) is 6.92 Å². The number of nitrogens with zero attached hydrogens (tertiary/aromatic N) is 1. The predicted molar refractivity (Wildman–Crippen MR) is 108 cm³/mol. The summed E-state index contributed by atoms with van der Waals surface area (Å²) in [6.07, 6.45) is 2.88. The van der Waals surface area contributed by atoms with Gasteiger partial charge in [-0.3, -0.25) is 24.7 Å². The number of alkyl halides is 1. The van der Waals surface area contributed by atoms with Gasteiger partial charge in [-0.2, -0.15) is 11.0 Å². The molecule has 0 radical (unpaired) electrons. The van der Waals surface area contributed by atoms with Crippen LogP contribution in [0, 0.1) is 5.92 Å². The van der Waals surface area contributed by atoms with E-state index in [9.17, 15) is 14.0 Å². The van der Waals surface area contributed by atoms with Gasteiger partial charge in [-0.15, -0.1) is 0 Å². The molecule has 7 atom stereocenters. The third kappa shape index (κ3) is 5.91. The number of hydrogen-bond acceptors (Lipinski definition) is 9. The lowest BCUT2D eigenvalue weighted by atomic mass is 9.88. The van der Waals surface area contributed by atoms with Crippen molar-refractivity contribution in [3.05, 3.63) is 0 Å². The van der Waals surface area contributed by atoms with Crippen LogP contribution >= 0.6 is 0 Å². The molecule has 4 fully saturated rings. The summed E-state index contributed by atoms with van der Waals surface area (Å²) < 4.78 is 18.6. The standard InChI is InChI=1S/C20H34FN5O5/c1-2-29-20(28)16-8-18(31-25-16)17-7-15(24-30-17)19(27)23-14-9-22-26(11-14)10-12-4-3-5-13(21)6-12/h12-18,22,24-25H,2-11H2,1H3,(H,23,27). The van der Waals surface area contributed by atoms with Crippen LogP contribution in [0.4, 0.5) is 4.39 Å². The molecule has 1 saturated carbocycles. The van der Waals surface area contributed by atoms with Gasteiger partial charge in [-0.1, -0.05) is 6.42 Å². The second-order valence-corrected chi connectivity index (χ2v) is 8.98. The summed E-state index contributed by atoms with van der Waals surface area (Å²) in [4.78, 5) is 35.6. The van der Waals surface area contributed by atoms with Gasteiger partial charge in [0.1, 0.15) is 30.5 Å². The molecule has 1 amide bonds. The number of hydrazine groups is 1. The Morgan fingerprint density at radius 2 is 1.87 bits per heavy atom. The molecule has 0 spiro atoms. The SMILES string of the molecule is CCOC(=O)C1CC(C2CC(C(=O)NC3CNN(CC4CCCC(F)C4)C3)NO2)ON1. The first-order valence-corrected chi connectivity index (χ1v) is 11.4. The number of halogens is 1. The topological polar surface area (TPSA) is 113 Å².